The fraction of sp³-hybridized carbons (Fsp3) is 0.520. The van der Waals surface area contributed by atoms with Crippen molar-refractivity contribution >= 4 is 23.4 Å². The highest BCUT2D eigenvalue weighted by molar-refractivity contribution is 6.03. The molecule has 0 unspecified atom stereocenters. The van der Waals surface area contributed by atoms with E-state index in [1.807, 2.05) is 13.8 Å². The van der Waals surface area contributed by atoms with Crippen LogP contribution in [-0.4, -0.2) is 92.4 Å². The van der Waals surface area contributed by atoms with Crippen LogP contribution >= 0.6 is 0 Å². The van der Waals surface area contributed by atoms with Gasteiger partial charge in [0.15, 0.2) is 5.69 Å². The smallest absolute Gasteiger partial charge is 0.277 e. The molecule has 196 valence electrons. The van der Waals surface area contributed by atoms with Crippen molar-refractivity contribution in [1.82, 2.24) is 15.0 Å². The zero-order valence-electron chi connectivity index (χ0n) is 21.6. The molecule has 11 heteroatoms. The predicted octanol–water partition coefficient (Wildman–Crippen LogP) is 2.21. The highest BCUT2D eigenvalue weighted by atomic mass is 16.5. The first-order valence-corrected chi connectivity index (χ1v) is 11.7. The molecule has 0 saturated heterocycles. The summed E-state index contributed by atoms with van der Waals surface area (Å²) in [6.45, 7) is 6.36. The summed E-state index contributed by atoms with van der Waals surface area (Å²) in [5.74, 6) is -0.115. The van der Waals surface area contributed by atoms with Crippen molar-refractivity contribution in [3.05, 3.63) is 41.3 Å². The van der Waals surface area contributed by atoms with Gasteiger partial charge in [-0.1, -0.05) is 12.1 Å². The van der Waals surface area contributed by atoms with E-state index in [0.29, 0.717) is 30.1 Å². The summed E-state index contributed by atoms with van der Waals surface area (Å²) in [5, 5.41) is 6.47. The maximum atomic E-state index is 13.3. The first-order chi connectivity index (χ1) is 17.1. The van der Waals surface area contributed by atoms with Gasteiger partial charge in [-0.25, -0.2) is 0 Å². The Morgan fingerprint density at radius 3 is 2.58 bits per heavy atom. The van der Waals surface area contributed by atoms with Gasteiger partial charge in [-0.15, -0.1) is 0 Å². The summed E-state index contributed by atoms with van der Waals surface area (Å²) in [5.41, 5.74) is 0.890. The van der Waals surface area contributed by atoms with E-state index in [-0.39, 0.29) is 54.5 Å². The Kier molecular flexibility index (Phi) is 9.05. The molecule has 1 aliphatic rings. The second-order valence-corrected chi connectivity index (χ2v) is 9.06. The standard InChI is InChI=1S/C25H34N4O7/c1-15-11-29(23(30)14-33-5)16(2)13-35-21-10-18(26-24(31)20-9-17(3)36-27-20)7-8-19(21)25(32)28(4)12-22(15)34-6/h7-10,15-16,22H,11-14H2,1-6H3,(H,26,31)/t15-,16-,22-/m1/s1. The number of aromatic nitrogens is 1. The van der Waals surface area contributed by atoms with Crippen LogP contribution in [0.1, 0.15) is 40.5 Å². The molecule has 3 atom stereocenters. The largest absolute Gasteiger partial charge is 0.491 e. The molecule has 0 saturated carbocycles. The van der Waals surface area contributed by atoms with Crippen LogP contribution in [0.2, 0.25) is 0 Å². The summed E-state index contributed by atoms with van der Waals surface area (Å²) in [4.78, 5) is 41.9. The molecule has 11 nitrogen and oxygen atoms in total. The van der Waals surface area contributed by atoms with Crippen molar-refractivity contribution in [3.63, 3.8) is 0 Å². The lowest BCUT2D eigenvalue weighted by molar-refractivity contribution is -0.139. The highest BCUT2D eigenvalue weighted by Gasteiger charge is 2.30. The van der Waals surface area contributed by atoms with Crippen molar-refractivity contribution in [1.29, 1.82) is 0 Å². The van der Waals surface area contributed by atoms with E-state index in [1.54, 1.807) is 49.1 Å². The summed E-state index contributed by atoms with van der Waals surface area (Å²) in [6.07, 6.45) is -0.294. The van der Waals surface area contributed by atoms with Crippen LogP contribution in [0, 0.1) is 12.8 Å². The SMILES string of the molecule is COCC(=O)N1C[C@@H](C)[C@H](OC)CN(C)C(=O)c2ccc(NC(=O)c3cc(C)on3)cc2OC[C@H]1C. The molecule has 3 rings (SSSR count). The number of rotatable bonds is 5. The van der Waals surface area contributed by atoms with Crippen molar-refractivity contribution in [2.75, 3.05) is 52.9 Å². The van der Waals surface area contributed by atoms with Crippen LogP contribution in [0.3, 0.4) is 0 Å². The third kappa shape index (κ3) is 6.41. The maximum Gasteiger partial charge on any atom is 0.277 e. The second-order valence-electron chi connectivity index (χ2n) is 9.06. The number of carbonyl (C=O) groups is 3. The lowest BCUT2D eigenvalue weighted by Gasteiger charge is -2.36. The van der Waals surface area contributed by atoms with Crippen LogP contribution in [0.5, 0.6) is 5.75 Å². The Morgan fingerprint density at radius 1 is 1.19 bits per heavy atom. The van der Waals surface area contributed by atoms with Crippen molar-refractivity contribution in [3.8, 4) is 5.75 Å². The molecule has 0 fully saturated rings. The van der Waals surface area contributed by atoms with Gasteiger partial charge in [-0.05, 0) is 26.0 Å². The molecular formula is C25H34N4O7. The van der Waals surface area contributed by atoms with Gasteiger partial charge in [0.05, 0.1) is 17.7 Å². The number of anilines is 1. The Hall–Kier alpha value is -3.44. The van der Waals surface area contributed by atoms with Crippen LogP contribution in [-0.2, 0) is 14.3 Å². The topological polar surface area (TPSA) is 123 Å². The number of carbonyl (C=O) groups excluding carboxylic acids is 3. The van der Waals surface area contributed by atoms with Crippen LogP contribution in [0.15, 0.2) is 28.8 Å². The number of ether oxygens (including phenoxy) is 3. The number of aryl methyl sites for hydroxylation is 1. The molecule has 0 radical (unpaired) electrons. The molecule has 36 heavy (non-hydrogen) atoms. The minimum atomic E-state index is -0.454. The molecule has 0 aliphatic carbocycles. The zero-order valence-corrected chi connectivity index (χ0v) is 21.6. The van der Waals surface area contributed by atoms with E-state index >= 15 is 0 Å². The third-order valence-electron chi connectivity index (χ3n) is 6.15. The van der Waals surface area contributed by atoms with Crippen molar-refractivity contribution in [2.45, 2.75) is 32.9 Å². The summed E-state index contributed by atoms with van der Waals surface area (Å²) < 4.78 is 21.8. The van der Waals surface area contributed by atoms with Gasteiger partial charge in [0, 0.05) is 58.1 Å². The summed E-state index contributed by atoms with van der Waals surface area (Å²) in [6, 6.07) is 6.02. The zero-order chi connectivity index (χ0) is 26.4. The van der Waals surface area contributed by atoms with E-state index in [1.165, 1.54) is 13.2 Å². The molecule has 2 aromatic rings. The highest BCUT2D eigenvalue weighted by Crippen LogP contribution is 2.27. The van der Waals surface area contributed by atoms with Gasteiger partial charge in [-0.3, -0.25) is 14.4 Å². The summed E-state index contributed by atoms with van der Waals surface area (Å²) in [7, 11) is 4.76. The lowest BCUT2D eigenvalue weighted by atomic mass is 10.0. The molecule has 1 aliphatic heterocycles. The Morgan fingerprint density at radius 2 is 1.94 bits per heavy atom. The first-order valence-electron chi connectivity index (χ1n) is 11.7. The predicted molar refractivity (Wildman–Crippen MR) is 131 cm³/mol. The Bertz CT molecular complexity index is 1090. The maximum absolute atomic E-state index is 13.3. The van der Waals surface area contributed by atoms with E-state index in [2.05, 4.69) is 10.5 Å². The number of fused-ring (bicyclic) bond motifs is 1. The van der Waals surface area contributed by atoms with Gasteiger partial charge < -0.3 is 33.9 Å². The molecule has 1 N–H and O–H groups in total. The fourth-order valence-corrected chi connectivity index (χ4v) is 4.07. The van der Waals surface area contributed by atoms with Crippen LogP contribution in [0.25, 0.3) is 0 Å². The fourth-order valence-electron chi connectivity index (χ4n) is 4.07. The van der Waals surface area contributed by atoms with E-state index in [0.717, 1.165) is 0 Å². The average Bonchev–Trinajstić information content (AvgIpc) is 3.29. The van der Waals surface area contributed by atoms with Gasteiger partial charge in [-0.2, -0.15) is 0 Å². The Labute approximate surface area is 210 Å². The quantitative estimate of drug-likeness (QED) is 0.660. The van der Waals surface area contributed by atoms with Crippen molar-refractivity contribution < 1.29 is 33.1 Å². The third-order valence-corrected chi connectivity index (χ3v) is 6.15. The van der Waals surface area contributed by atoms with Gasteiger partial charge in [0.25, 0.3) is 11.8 Å². The molecule has 3 amide bonds. The van der Waals surface area contributed by atoms with Gasteiger partial charge >= 0.3 is 0 Å². The molecule has 1 aromatic carbocycles. The van der Waals surface area contributed by atoms with E-state index in [9.17, 15) is 14.4 Å². The molecule has 0 bridgehead atoms. The number of nitrogens with zero attached hydrogens (tertiary/aromatic N) is 3. The number of methoxy groups -OCH3 is 2. The summed E-state index contributed by atoms with van der Waals surface area (Å²) >= 11 is 0. The van der Waals surface area contributed by atoms with Crippen LogP contribution < -0.4 is 10.1 Å². The van der Waals surface area contributed by atoms with Gasteiger partial charge in [0.1, 0.15) is 24.7 Å². The minimum absolute atomic E-state index is 0.0508. The molecule has 1 aromatic heterocycles. The number of likely N-dealkylation sites (N-methyl/N-ethyl adjacent to an activating group) is 1. The minimum Gasteiger partial charge on any atom is -0.491 e. The lowest BCUT2D eigenvalue weighted by Crippen LogP contribution is -2.49. The first kappa shape index (κ1) is 27.2. The van der Waals surface area contributed by atoms with E-state index < -0.39 is 5.91 Å². The Balaban J connectivity index is 1.93. The number of amides is 3. The van der Waals surface area contributed by atoms with Gasteiger partial charge in [0.2, 0.25) is 5.91 Å². The number of hydrogen-bond acceptors (Lipinski definition) is 8. The van der Waals surface area contributed by atoms with E-state index in [4.69, 9.17) is 18.7 Å². The number of hydrogen-bond donors (Lipinski definition) is 1. The number of benzene rings is 1. The monoisotopic (exact) mass is 502 g/mol. The van der Waals surface area contributed by atoms with Crippen LogP contribution in [0.4, 0.5) is 5.69 Å². The van der Waals surface area contributed by atoms with Crippen molar-refractivity contribution in [2.24, 2.45) is 5.92 Å². The normalized spacial score (nSPS) is 21.2. The molecule has 2 heterocycles. The number of nitrogens with one attached hydrogen (secondary N) is 1. The second kappa shape index (κ2) is 12.0. The molecule has 0 spiro atoms. The average molecular weight is 503 g/mol. The molecular weight excluding hydrogens is 468 g/mol.